The van der Waals surface area contributed by atoms with Crippen LogP contribution in [0.25, 0.3) is 55.5 Å². The number of aromatic nitrogens is 3. The Kier molecular flexibility index (Phi) is 9.78. The molecule has 0 aliphatic heterocycles. The van der Waals surface area contributed by atoms with Crippen LogP contribution >= 0.6 is 0 Å². The first-order valence-corrected chi connectivity index (χ1v) is 19.6. The van der Waals surface area contributed by atoms with Gasteiger partial charge in [0.15, 0.2) is 0 Å². The largest absolute Gasteiger partial charge is 0.311 e. The standard InChI is InChI=1S/C53H43N5/c1-36-5-15-43(16-6-36)52-50-33-48(41-25-29-54-30-26-41)49(42-27-31-55-32-28-42)34-51(50)53(44-17-7-37(2)8-18-44)58(52)56-35-40-13-23-47(24-14-40)57(45-19-9-38(3)10-20-45)46-21-11-39(4)12-22-46/h5-35H,1-4H3. The summed E-state index contributed by atoms with van der Waals surface area (Å²) >= 11 is 0. The molecule has 3 heterocycles. The number of fused-ring (bicyclic) bond motifs is 1. The van der Waals surface area contributed by atoms with Crippen molar-refractivity contribution in [2.45, 2.75) is 27.7 Å². The van der Waals surface area contributed by atoms with Crippen LogP contribution in [0, 0.1) is 27.7 Å². The monoisotopic (exact) mass is 749 g/mol. The van der Waals surface area contributed by atoms with Gasteiger partial charge in [-0.1, -0.05) is 107 Å². The predicted octanol–water partition coefficient (Wildman–Crippen LogP) is 13.7. The van der Waals surface area contributed by atoms with Crippen molar-refractivity contribution >= 4 is 34.0 Å². The summed E-state index contributed by atoms with van der Waals surface area (Å²) in [6.45, 7) is 8.50. The molecule has 0 saturated heterocycles. The van der Waals surface area contributed by atoms with Gasteiger partial charge in [-0.15, -0.1) is 0 Å². The number of nitrogens with zero attached hydrogens (tertiary/aromatic N) is 5. The Labute approximate surface area is 340 Å². The zero-order valence-electron chi connectivity index (χ0n) is 33.1. The second kappa shape index (κ2) is 15.6. The molecule has 9 rings (SSSR count). The van der Waals surface area contributed by atoms with E-state index >= 15 is 0 Å². The third kappa shape index (κ3) is 7.22. The smallest absolute Gasteiger partial charge is 0.0804 e. The molecule has 0 saturated carbocycles. The lowest BCUT2D eigenvalue weighted by Crippen LogP contribution is -2.10. The molecule has 58 heavy (non-hydrogen) atoms. The summed E-state index contributed by atoms with van der Waals surface area (Å²) < 4.78 is 2.14. The van der Waals surface area contributed by atoms with Gasteiger partial charge in [-0.3, -0.25) is 9.97 Å². The lowest BCUT2D eigenvalue weighted by molar-refractivity contribution is 0.917. The summed E-state index contributed by atoms with van der Waals surface area (Å²) in [5.74, 6) is 0. The van der Waals surface area contributed by atoms with E-state index in [1.807, 2.05) is 31.0 Å². The van der Waals surface area contributed by atoms with Gasteiger partial charge in [0.2, 0.25) is 0 Å². The minimum absolute atomic E-state index is 0.994. The summed E-state index contributed by atoms with van der Waals surface area (Å²) in [5, 5.41) is 7.61. The van der Waals surface area contributed by atoms with Gasteiger partial charge in [0.25, 0.3) is 0 Å². The van der Waals surface area contributed by atoms with Crippen LogP contribution < -0.4 is 4.90 Å². The molecule has 0 amide bonds. The second-order valence-corrected chi connectivity index (χ2v) is 15.0. The van der Waals surface area contributed by atoms with Gasteiger partial charge in [0, 0.05) is 63.7 Å². The second-order valence-electron chi connectivity index (χ2n) is 15.0. The Bertz CT molecular complexity index is 2690. The van der Waals surface area contributed by atoms with Crippen LogP contribution in [-0.4, -0.2) is 20.9 Å². The molecule has 3 aromatic heterocycles. The summed E-state index contributed by atoms with van der Waals surface area (Å²) in [7, 11) is 0. The van der Waals surface area contributed by atoms with Crippen molar-refractivity contribution in [2.75, 3.05) is 4.90 Å². The van der Waals surface area contributed by atoms with Crippen molar-refractivity contribution in [3.05, 3.63) is 210 Å². The van der Waals surface area contributed by atoms with Crippen LogP contribution in [0.3, 0.4) is 0 Å². The highest BCUT2D eigenvalue weighted by molar-refractivity contribution is 6.10. The van der Waals surface area contributed by atoms with E-state index in [1.54, 1.807) is 0 Å². The Balaban J connectivity index is 1.24. The van der Waals surface area contributed by atoms with Crippen LogP contribution in [0.1, 0.15) is 27.8 Å². The molecular weight excluding hydrogens is 707 g/mol. The minimum Gasteiger partial charge on any atom is -0.311 e. The topological polar surface area (TPSA) is 46.3 Å². The van der Waals surface area contributed by atoms with Gasteiger partial charge in [-0.05, 0) is 128 Å². The summed E-state index contributed by atoms with van der Waals surface area (Å²) in [5.41, 5.74) is 17.8. The normalized spacial score (nSPS) is 11.4. The quantitative estimate of drug-likeness (QED) is 0.138. The molecule has 6 aromatic carbocycles. The maximum Gasteiger partial charge on any atom is 0.0804 e. The van der Waals surface area contributed by atoms with Crippen LogP contribution in [-0.2, 0) is 0 Å². The third-order valence-corrected chi connectivity index (χ3v) is 10.8. The third-order valence-electron chi connectivity index (χ3n) is 10.8. The fraction of sp³-hybridized carbons (Fsp3) is 0.0755. The fourth-order valence-electron chi connectivity index (χ4n) is 7.63. The van der Waals surface area contributed by atoms with Crippen LogP contribution in [0.5, 0.6) is 0 Å². The van der Waals surface area contributed by atoms with E-state index in [-0.39, 0.29) is 0 Å². The lowest BCUT2D eigenvalue weighted by Gasteiger charge is -2.25. The first-order valence-electron chi connectivity index (χ1n) is 19.6. The van der Waals surface area contributed by atoms with Gasteiger partial charge in [-0.2, -0.15) is 5.10 Å². The minimum atomic E-state index is 0.994. The van der Waals surface area contributed by atoms with Gasteiger partial charge in [0.05, 0.1) is 17.6 Å². The zero-order chi connectivity index (χ0) is 39.6. The zero-order valence-corrected chi connectivity index (χ0v) is 33.1. The van der Waals surface area contributed by atoms with Gasteiger partial charge in [0.1, 0.15) is 0 Å². The van der Waals surface area contributed by atoms with Gasteiger partial charge >= 0.3 is 0 Å². The van der Waals surface area contributed by atoms with E-state index in [0.29, 0.717) is 0 Å². The SMILES string of the molecule is Cc1ccc(-c2c3cc(-c4ccncc4)c(-c4ccncc4)cc3c(-c3ccc(C)cc3)n2N=Cc2ccc(N(c3ccc(C)cc3)c3ccc(C)cc3)cc2)cc1. The molecule has 0 radical (unpaired) electrons. The van der Waals surface area contributed by atoms with E-state index in [9.17, 15) is 0 Å². The van der Waals surface area contributed by atoms with Crippen molar-refractivity contribution in [1.29, 1.82) is 0 Å². The van der Waals surface area contributed by atoms with Crippen molar-refractivity contribution in [3.8, 4) is 44.8 Å². The van der Waals surface area contributed by atoms with Crippen molar-refractivity contribution in [3.63, 3.8) is 0 Å². The molecule has 0 atom stereocenters. The van der Waals surface area contributed by atoms with Gasteiger partial charge < -0.3 is 4.90 Å². The molecule has 5 heteroatoms. The molecule has 0 N–H and O–H groups in total. The average Bonchev–Trinajstić information content (AvgIpc) is 3.58. The maximum absolute atomic E-state index is 5.38. The van der Waals surface area contributed by atoms with Crippen LogP contribution in [0.4, 0.5) is 17.1 Å². The fourth-order valence-corrected chi connectivity index (χ4v) is 7.63. The number of benzene rings is 6. The van der Waals surface area contributed by atoms with Crippen LogP contribution in [0.15, 0.2) is 188 Å². The van der Waals surface area contributed by atoms with E-state index < -0.39 is 0 Å². The molecule has 5 nitrogen and oxygen atoms in total. The Morgan fingerprint density at radius 2 is 0.759 bits per heavy atom. The molecule has 0 bridgehead atoms. The number of hydrogen-bond donors (Lipinski definition) is 0. The van der Waals surface area contributed by atoms with Crippen LogP contribution in [0.2, 0.25) is 0 Å². The van der Waals surface area contributed by atoms with Crippen molar-refractivity contribution in [1.82, 2.24) is 14.6 Å². The Morgan fingerprint density at radius 1 is 0.414 bits per heavy atom. The molecule has 0 aliphatic carbocycles. The molecule has 0 fully saturated rings. The highest BCUT2D eigenvalue weighted by Crippen LogP contribution is 2.45. The number of rotatable bonds is 9. The average molecular weight is 750 g/mol. The maximum atomic E-state index is 5.38. The number of pyridine rings is 2. The van der Waals surface area contributed by atoms with E-state index in [4.69, 9.17) is 5.10 Å². The van der Waals surface area contributed by atoms with Gasteiger partial charge in [-0.25, -0.2) is 4.68 Å². The van der Waals surface area contributed by atoms with Crippen molar-refractivity contribution < 1.29 is 0 Å². The Morgan fingerprint density at radius 3 is 1.14 bits per heavy atom. The Hall–Kier alpha value is -7.37. The highest BCUT2D eigenvalue weighted by Gasteiger charge is 2.23. The summed E-state index contributed by atoms with van der Waals surface area (Å²) in [6.07, 6.45) is 9.41. The molecule has 280 valence electrons. The summed E-state index contributed by atoms with van der Waals surface area (Å²) in [4.78, 5) is 11.0. The number of aryl methyl sites for hydroxylation is 4. The molecule has 9 aromatic rings. The lowest BCUT2D eigenvalue weighted by atomic mass is 9.91. The molecular formula is C53H43N5. The van der Waals surface area contributed by atoms with E-state index in [1.165, 1.54) is 22.3 Å². The van der Waals surface area contributed by atoms with E-state index in [0.717, 1.165) is 78.2 Å². The number of hydrogen-bond acceptors (Lipinski definition) is 4. The highest BCUT2D eigenvalue weighted by atomic mass is 15.4. The summed E-state index contributed by atoms with van der Waals surface area (Å²) in [6, 6.07) is 56.5. The van der Waals surface area contributed by atoms with E-state index in [2.05, 4.69) is 205 Å². The van der Waals surface area contributed by atoms with Crippen molar-refractivity contribution in [2.24, 2.45) is 5.10 Å². The first-order chi connectivity index (χ1) is 28.4. The molecule has 0 spiro atoms. The first kappa shape index (κ1) is 36.3. The molecule has 0 aliphatic rings. The number of anilines is 3. The predicted molar refractivity (Wildman–Crippen MR) is 242 cm³/mol. The molecule has 0 unspecified atom stereocenters.